The van der Waals surface area contributed by atoms with Crippen molar-refractivity contribution in [3.05, 3.63) is 45.7 Å². The zero-order valence-electron chi connectivity index (χ0n) is 8.07. The minimum absolute atomic E-state index is 0.229. The van der Waals surface area contributed by atoms with Crippen molar-refractivity contribution in [3.63, 3.8) is 0 Å². The largest absolute Gasteiger partial charge is 0.477 e. The topological polar surface area (TPSA) is 70.2 Å². The fourth-order valence-electron chi connectivity index (χ4n) is 1.48. The number of carboxylic acid groups (broad SMARTS) is 1. The van der Waals surface area contributed by atoms with E-state index < -0.39 is 11.5 Å². The van der Waals surface area contributed by atoms with Gasteiger partial charge < -0.3 is 10.1 Å². The van der Waals surface area contributed by atoms with Gasteiger partial charge in [0, 0.05) is 5.52 Å². The number of carboxylic acids is 1. The molecule has 0 bridgehead atoms. The van der Waals surface area contributed by atoms with Crippen molar-refractivity contribution in [2.24, 2.45) is 0 Å². The Morgan fingerprint density at radius 1 is 1.33 bits per heavy atom. The van der Waals surface area contributed by atoms with Crippen molar-refractivity contribution in [2.45, 2.75) is 6.92 Å². The lowest BCUT2D eigenvalue weighted by Gasteiger charge is -2.00. The van der Waals surface area contributed by atoms with Crippen molar-refractivity contribution >= 4 is 16.9 Å². The van der Waals surface area contributed by atoms with Crippen molar-refractivity contribution in [2.75, 3.05) is 0 Å². The van der Waals surface area contributed by atoms with Crippen LogP contribution >= 0.6 is 0 Å². The highest BCUT2D eigenvalue weighted by molar-refractivity contribution is 5.92. The number of rotatable bonds is 1. The highest BCUT2D eigenvalue weighted by Crippen LogP contribution is 2.12. The fraction of sp³-hybridized carbons (Fsp3) is 0.0909. The zero-order valence-corrected chi connectivity index (χ0v) is 8.07. The molecule has 0 saturated carbocycles. The Kier molecular flexibility index (Phi) is 2.04. The Labute approximate surface area is 85.2 Å². The van der Waals surface area contributed by atoms with E-state index >= 15 is 0 Å². The van der Waals surface area contributed by atoms with Crippen molar-refractivity contribution < 1.29 is 9.90 Å². The van der Waals surface area contributed by atoms with Crippen LogP contribution < -0.4 is 5.56 Å². The van der Waals surface area contributed by atoms with Gasteiger partial charge in [0.15, 0.2) is 0 Å². The zero-order chi connectivity index (χ0) is 11.0. The maximum Gasteiger partial charge on any atom is 0.341 e. The number of hydrogen-bond acceptors (Lipinski definition) is 2. The second-order valence-corrected chi connectivity index (χ2v) is 3.41. The molecule has 76 valence electrons. The average Bonchev–Trinajstić information content (AvgIpc) is 2.17. The van der Waals surface area contributed by atoms with E-state index in [1.807, 2.05) is 19.1 Å². The first-order chi connectivity index (χ1) is 7.08. The molecule has 1 heterocycles. The number of carbonyl (C=O) groups is 1. The molecule has 4 nitrogen and oxygen atoms in total. The van der Waals surface area contributed by atoms with Crippen LogP contribution in [0.4, 0.5) is 0 Å². The summed E-state index contributed by atoms with van der Waals surface area (Å²) in [6, 6.07) is 6.84. The summed E-state index contributed by atoms with van der Waals surface area (Å²) in [5.74, 6) is -1.21. The summed E-state index contributed by atoms with van der Waals surface area (Å²) < 4.78 is 0. The molecule has 0 aliphatic heterocycles. The molecule has 2 N–H and O–H groups in total. The van der Waals surface area contributed by atoms with Crippen LogP contribution in [0.1, 0.15) is 15.9 Å². The molecule has 4 heteroatoms. The summed E-state index contributed by atoms with van der Waals surface area (Å²) in [6.45, 7) is 1.91. The van der Waals surface area contributed by atoms with Crippen LogP contribution in [0.5, 0.6) is 0 Å². The van der Waals surface area contributed by atoms with E-state index in [-0.39, 0.29) is 5.56 Å². The minimum Gasteiger partial charge on any atom is -0.477 e. The summed E-state index contributed by atoms with van der Waals surface area (Å²) in [7, 11) is 0. The van der Waals surface area contributed by atoms with Gasteiger partial charge in [-0.05, 0) is 30.5 Å². The second-order valence-electron chi connectivity index (χ2n) is 3.41. The molecule has 2 rings (SSSR count). The van der Waals surface area contributed by atoms with Crippen LogP contribution in [0.3, 0.4) is 0 Å². The molecule has 1 aromatic heterocycles. The predicted molar refractivity (Wildman–Crippen MR) is 56.3 cm³/mol. The Hall–Kier alpha value is -2.10. The molecule has 0 aliphatic rings. The van der Waals surface area contributed by atoms with Gasteiger partial charge in [-0.15, -0.1) is 0 Å². The van der Waals surface area contributed by atoms with Gasteiger partial charge in [0.2, 0.25) is 0 Å². The number of H-pyrrole nitrogens is 1. The van der Waals surface area contributed by atoms with E-state index in [9.17, 15) is 9.59 Å². The second kappa shape index (κ2) is 3.24. The van der Waals surface area contributed by atoms with E-state index in [2.05, 4.69) is 4.98 Å². The quantitative estimate of drug-likeness (QED) is 0.738. The lowest BCUT2D eigenvalue weighted by molar-refractivity contribution is 0.0695. The number of aromatic carboxylic acids is 1. The number of aromatic amines is 1. The van der Waals surface area contributed by atoms with Crippen LogP contribution in [0.15, 0.2) is 29.1 Å². The lowest BCUT2D eigenvalue weighted by atomic mass is 10.1. The van der Waals surface area contributed by atoms with E-state index in [0.29, 0.717) is 5.52 Å². The highest BCUT2D eigenvalue weighted by atomic mass is 16.4. The molecular weight excluding hydrogens is 194 g/mol. The SMILES string of the molecule is Cc1ccc2[nH]c(=O)c(C(=O)O)cc2c1. The third-order valence-electron chi connectivity index (χ3n) is 2.23. The van der Waals surface area contributed by atoms with E-state index in [4.69, 9.17) is 5.11 Å². The summed E-state index contributed by atoms with van der Waals surface area (Å²) >= 11 is 0. The van der Waals surface area contributed by atoms with Gasteiger partial charge >= 0.3 is 5.97 Å². The summed E-state index contributed by atoms with van der Waals surface area (Å²) in [5, 5.41) is 9.50. The maximum absolute atomic E-state index is 11.3. The molecule has 0 spiro atoms. The van der Waals surface area contributed by atoms with Gasteiger partial charge in [0.1, 0.15) is 5.56 Å². The van der Waals surface area contributed by atoms with E-state index in [1.54, 1.807) is 6.07 Å². The average molecular weight is 203 g/mol. The molecule has 2 aromatic rings. The third kappa shape index (κ3) is 1.61. The molecular formula is C11H9NO3. The smallest absolute Gasteiger partial charge is 0.341 e. The number of aromatic nitrogens is 1. The van der Waals surface area contributed by atoms with Gasteiger partial charge in [0.05, 0.1) is 0 Å². The Morgan fingerprint density at radius 2 is 2.07 bits per heavy atom. The van der Waals surface area contributed by atoms with Crippen LogP contribution in [-0.2, 0) is 0 Å². The lowest BCUT2D eigenvalue weighted by Crippen LogP contribution is -2.16. The van der Waals surface area contributed by atoms with Crippen LogP contribution in [0, 0.1) is 6.92 Å². The van der Waals surface area contributed by atoms with Crippen LogP contribution in [-0.4, -0.2) is 16.1 Å². The van der Waals surface area contributed by atoms with Crippen LogP contribution in [0.25, 0.3) is 10.9 Å². The summed E-state index contributed by atoms with van der Waals surface area (Å²) in [6.07, 6.45) is 0. The molecule has 15 heavy (non-hydrogen) atoms. The van der Waals surface area contributed by atoms with Gasteiger partial charge in [-0.2, -0.15) is 0 Å². The van der Waals surface area contributed by atoms with Crippen LogP contribution in [0.2, 0.25) is 0 Å². The van der Waals surface area contributed by atoms with Gasteiger partial charge in [-0.1, -0.05) is 11.6 Å². The first kappa shape index (κ1) is 9.45. The normalized spacial score (nSPS) is 10.5. The molecule has 0 radical (unpaired) electrons. The van der Waals surface area contributed by atoms with Gasteiger partial charge in [-0.3, -0.25) is 4.79 Å². The van der Waals surface area contributed by atoms with Crippen molar-refractivity contribution in [1.82, 2.24) is 4.98 Å². The minimum atomic E-state index is -1.21. The molecule has 0 aliphatic carbocycles. The number of benzene rings is 1. The predicted octanol–water partition coefficient (Wildman–Crippen LogP) is 1.53. The maximum atomic E-state index is 11.3. The molecule has 1 aromatic carbocycles. The third-order valence-corrected chi connectivity index (χ3v) is 2.23. The van der Waals surface area contributed by atoms with E-state index in [1.165, 1.54) is 6.07 Å². The molecule has 0 fully saturated rings. The Morgan fingerprint density at radius 3 is 2.73 bits per heavy atom. The number of hydrogen-bond donors (Lipinski definition) is 2. The molecule has 0 saturated heterocycles. The summed E-state index contributed by atoms with van der Waals surface area (Å²) in [4.78, 5) is 24.6. The van der Waals surface area contributed by atoms with E-state index in [0.717, 1.165) is 10.9 Å². The summed E-state index contributed by atoms with van der Waals surface area (Å²) in [5.41, 5.74) is 0.869. The van der Waals surface area contributed by atoms with Gasteiger partial charge in [0.25, 0.3) is 5.56 Å². The standard InChI is InChI=1S/C11H9NO3/c1-6-2-3-9-7(4-6)5-8(11(14)15)10(13)12-9/h2-5H,1H3,(H,12,13)(H,14,15). The van der Waals surface area contributed by atoms with Crippen molar-refractivity contribution in [1.29, 1.82) is 0 Å². The number of nitrogens with one attached hydrogen (secondary N) is 1. The first-order valence-electron chi connectivity index (χ1n) is 4.45. The number of aryl methyl sites for hydroxylation is 1. The highest BCUT2D eigenvalue weighted by Gasteiger charge is 2.09. The Bertz CT molecular complexity index is 598. The number of pyridine rings is 1. The fourth-order valence-corrected chi connectivity index (χ4v) is 1.48. The molecule has 0 atom stereocenters. The van der Waals surface area contributed by atoms with Crippen molar-refractivity contribution in [3.8, 4) is 0 Å². The number of fused-ring (bicyclic) bond motifs is 1. The molecule has 0 amide bonds. The first-order valence-corrected chi connectivity index (χ1v) is 4.45. The Balaban J connectivity index is 2.83. The molecule has 0 unspecified atom stereocenters. The van der Waals surface area contributed by atoms with Gasteiger partial charge in [-0.25, -0.2) is 4.79 Å². The monoisotopic (exact) mass is 203 g/mol.